The van der Waals surface area contributed by atoms with Gasteiger partial charge in [0.05, 0.1) is 26.0 Å². The third-order valence-corrected chi connectivity index (χ3v) is 7.16. The van der Waals surface area contributed by atoms with Gasteiger partial charge in [0.15, 0.2) is 12.4 Å². The quantitative estimate of drug-likeness (QED) is 0.389. The monoisotopic (exact) mass is 462 g/mol. The van der Waals surface area contributed by atoms with Crippen LogP contribution in [0.25, 0.3) is 31.7 Å². The lowest BCUT2D eigenvalue weighted by Crippen LogP contribution is -2.20. The van der Waals surface area contributed by atoms with Crippen molar-refractivity contribution in [1.29, 1.82) is 0 Å². The molecule has 0 aliphatic heterocycles. The maximum Gasteiger partial charge on any atom is 0.262 e. The van der Waals surface area contributed by atoms with E-state index in [9.17, 15) is 4.79 Å². The summed E-state index contributed by atoms with van der Waals surface area (Å²) in [5.74, 6) is 1.19. The fraction of sp³-hybridized carbons (Fsp3) is 0.227. The van der Waals surface area contributed by atoms with Crippen LogP contribution in [0.2, 0.25) is 0 Å². The van der Waals surface area contributed by atoms with Crippen molar-refractivity contribution in [3.63, 3.8) is 0 Å². The van der Waals surface area contributed by atoms with Gasteiger partial charge in [0.2, 0.25) is 0 Å². The summed E-state index contributed by atoms with van der Waals surface area (Å²) in [6.45, 7) is 1.91. The van der Waals surface area contributed by atoms with Crippen molar-refractivity contribution in [1.82, 2.24) is 25.2 Å². The van der Waals surface area contributed by atoms with Crippen LogP contribution in [0.3, 0.4) is 0 Å². The Hall–Kier alpha value is -3.37. The Kier molecular flexibility index (Phi) is 4.62. The molecule has 0 unspecified atom stereocenters. The average Bonchev–Trinajstić information content (AvgIpc) is 3.16. The average molecular weight is 463 g/mol. The van der Waals surface area contributed by atoms with Gasteiger partial charge in [-0.1, -0.05) is 12.1 Å². The molecule has 5 aromatic rings. The van der Waals surface area contributed by atoms with Crippen molar-refractivity contribution in [3.05, 3.63) is 46.8 Å². The molecule has 160 valence electrons. The minimum atomic E-state index is -0.229. The number of hydrogen-bond donors (Lipinski definition) is 1. The van der Waals surface area contributed by atoms with Crippen LogP contribution >= 0.6 is 22.7 Å². The second-order valence-corrected chi connectivity index (χ2v) is 9.86. The molecule has 1 fully saturated rings. The minimum Gasteiger partial charge on any atom is -0.483 e. The number of carbonyl (C=O) groups excluding carboxylic acids is 1. The van der Waals surface area contributed by atoms with E-state index in [-0.39, 0.29) is 12.5 Å². The highest BCUT2D eigenvalue weighted by Gasteiger charge is 2.28. The minimum absolute atomic E-state index is 0.0850. The van der Waals surface area contributed by atoms with E-state index >= 15 is 0 Å². The van der Waals surface area contributed by atoms with Crippen LogP contribution in [-0.2, 0) is 4.79 Å². The van der Waals surface area contributed by atoms with Gasteiger partial charge >= 0.3 is 0 Å². The zero-order valence-electron chi connectivity index (χ0n) is 17.1. The SMILES string of the molecule is Cc1nc2c(cc(OCC(=O)Nc3cccc(-c4nnnn4C4CC4)c3)c3ccsc32)s1. The molecule has 6 rings (SSSR count). The van der Waals surface area contributed by atoms with Gasteiger partial charge in [-0.05, 0) is 53.8 Å². The predicted octanol–water partition coefficient (Wildman–Crippen LogP) is 4.83. The van der Waals surface area contributed by atoms with Crippen LogP contribution in [-0.4, -0.2) is 37.7 Å². The number of nitrogens with zero attached hydrogens (tertiary/aromatic N) is 5. The number of anilines is 1. The van der Waals surface area contributed by atoms with Crippen molar-refractivity contribution >= 4 is 54.6 Å². The Morgan fingerprint density at radius 3 is 3.06 bits per heavy atom. The van der Waals surface area contributed by atoms with E-state index in [0.717, 1.165) is 43.7 Å². The van der Waals surface area contributed by atoms with Crippen LogP contribution in [0.1, 0.15) is 23.9 Å². The summed E-state index contributed by atoms with van der Waals surface area (Å²) in [5, 5.41) is 19.0. The number of aromatic nitrogens is 5. The number of carbonyl (C=O) groups is 1. The lowest BCUT2D eigenvalue weighted by molar-refractivity contribution is -0.118. The van der Waals surface area contributed by atoms with Gasteiger partial charge in [0.25, 0.3) is 5.91 Å². The topological polar surface area (TPSA) is 94.8 Å². The standard InChI is InChI=1S/C22H18N6O2S2/c1-12-23-20-18(32-12)10-17(16-7-8-31-21(16)20)30-11-19(29)24-14-4-2-3-13(9-14)22-25-26-27-28(22)15-5-6-15/h2-4,7-10,15H,5-6,11H2,1H3,(H,24,29). The third kappa shape index (κ3) is 3.51. The van der Waals surface area contributed by atoms with Crippen molar-refractivity contribution in [2.75, 3.05) is 11.9 Å². The molecule has 1 amide bonds. The number of rotatable bonds is 6. The molecule has 3 heterocycles. The van der Waals surface area contributed by atoms with Gasteiger partial charge in [0.1, 0.15) is 5.75 Å². The number of aryl methyl sites for hydroxylation is 1. The van der Waals surface area contributed by atoms with Gasteiger partial charge in [-0.3, -0.25) is 4.79 Å². The number of tetrazole rings is 1. The van der Waals surface area contributed by atoms with Crippen molar-refractivity contribution in [3.8, 4) is 17.1 Å². The number of thiophene rings is 1. The second-order valence-electron chi connectivity index (χ2n) is 7.71. The number of ether oxygens (including phenoxy) is 1. The largest absolute Gasteiger partial charge is 0.483 e. The molecule has 1 aliphatic rings. The first-order valence-electron chi connectivity index (χ1n) is 10.2. The van der Waals surface area contributed by atoms with Crippen LogP contribution in [0.5, 0.6) is 5.75 Å². The first-order chi connectivity index (χ1) is 15.7. The number of amides is 1. The van der Waals surface area contributed by atoms with E-state index in [1.54, 1.807) is 22.7 Å². The third-order valence-electron chi connectivity index (χ3n) is 5.32. The molecule has 0 radical (unpaired) electrons. The van der Waals surface area contributed by atoms with E-state index in [4.69, 9.17) is 4.74 Å². The van der Waals surface area contributed by atoms with E-state index in [1.807, 2.05) is 53.4 Å². The molecule has 1 aliphatic carbocycles. The number of thiazole rings is 1. The second kappa shape index (κ2) is 7.64. The molecule has 10 heteroatoms. The summed E-state index contributed by atoms with van der Waals surface area (Å²) in [6.07, 6.45) is 2.19. The fourth-order valence-corrected chi connectivity index (χ4v) is 5.56. The zero-order valence-corrected chi connectivity index (χ0v) is 18.7. The molecule has 32 heavy (non-hydrogen) atoms. The zero-order chi connectivity index (χ0) is 21.7. The van der Waals surface area contributed by atoms with E-state index in [2.05, 4.69) is 25.8 Å². The molecular formula is C22H18N6O2S2. The van der Waals surface area contributed by atoms with Crippen LogP contribution in [0, 0.1) is 6.92 Å². The van der Waals surface area contributed by atoms with Gasteiger partial charge < -0.3 is 10.1 Å². The van der Waals surface area contributed by atoms with Crippen LogP contribution in [0.4, 0.5) is 5.69 Å². The smallest absolute Gasteiger partial charge is 0.262 e. The maximum atomic E-state index is 12.6. The normalized spacial score (nSPS) is 13.7. The van der Waals surface area contributed by atoms with Gasteiger partial charge in [0, 0.05) is 22.7 Å². The first-order valence-corrected chi connectivity index (χ1v) is 11.9. The Morgan fingerprint density at radius 1 is 1.28 bits per heavy atom. The maximum absolute atomic E-state index is 12.6. The van der Waals surface area contributed by atoms with E-state index in [1.165, 1.54) is 0 Å². The molecule has 0 bridgehead atoms. The Bertz CT molecular complexity index is 1470. The van der Waals surface area contributed by atoms with Crippen molar-refractivity contribution < 1.29 is 9.53 Å². The summed E-state index contributed by atoms with van der Waals surface area (Å²) in [6, 6.07) is 11.9. The van der Waals surface area contributed by atoms with Crippen molar-refractivity contribution in [2.45, 2.75) is 25.8 Å². The number of hydrogen-bond acceptors (Lipinski definition) is 8. The molecule has 0 atom stereocenters. The number of benzene rings is 2. The first kappa shape index (κ1) is 19.3. The van der Waals surface area contributed by atoms with E-state index < -0.39 is 0 Å². The Balaban J connectivity index is 1.19. The molecule has 0 saturated heterocycles. The highest BCUT2D eigenvalue weighted by atomic mass is 32.1. The summed E-state index contributed by atoms with van der Waals surface area (Å²) in [5.41, 5.74) is 2.54. The lowest BCUT2D eigenvalue weighted by atomic mass is 10.2. The van der Waals surface area contributed by atoms with Crippen LogP contribution < -0.4 is 10.1 Å². The lowest BCUT2D eigenvalue weighted by Gasteiger charge is -2.10. The van der Waals surface area contributed by atoms with Crippen LogP contribution in [0.15, 0.2) is 41.8 Å². The van der Waals surface area contributed by atoms with Gasteiger partial charge in [-0.2, -0.15) is 0 Å². The molecule has 1 saturated carbocycles. The summed E-state index contributed by atoms with van der Waals surface area (Å²) in [4.78, 5) is 17.3. The van der Waals surface area contributed by atoms with E-state index in [0.29, 0.717) is 23.3 Å². The Morgan fingerprint density at radius 2 is 2.19 bits per heavy atom. The summed E-state index contributed by atoms with van der Waals surface area (Å²) < 4.78 is 9.93. The molecule has 0 spiro atoms. The fourth-order valence-electron chi connectivity index (χ4n) is 3.73. The summed E-state index contributed by atoms with van der Waals surface area (Å²) >= 11 is 3.26. The highest BCUT2D eigenvalue weighted by molar-refractivity contribution is 7.21. The molecule has 3 aromatic heterocycles. The number of nitrogens with one attached hydrogen (secondary N) is 1. The highest BCUT2D eigenvalue weighted by Crippen LogP contribution is 2.39. The van der Waals surface area contributed by atoms with Gasteiger partial charge in [-0.25, -0.2) is 9.67 Å². The van der Waals surface area contributed by atoms with Gasteiger partial charge in [-0.15, -0.1) is 27.8 Å². The Labute approximate surface area is 190 Å². The number of fused-ring (bicyclic) bond motifs is 3. The molecular weight excluding hydrogens is 444 g/mol. The van der Waals surface area contributed by atoms with Crippen molar-refractivity contribution in [2.24, 2.45) is 0 Å². The predicted molar refractivity (Wildman–Crippen MR) is 125 cm³/mol. The molecule has 8 nitrogen and oxygen atoms in total. The molecule has 2 aromatic carbocycles. The summed E-state index contributed by atoms with van der Waals surface area (Å²) in [7, 11) is 0. The molecule has 1 N–H and O–H groups in total.